The highest BCUT2D eigenvalue weighted by Gasteiger charge is 2.16. The molecule has 0 fully saturated rings. The zero-order valence-corrected chi connectivity index (χ0v) is 11.0. The summed E-state index contributed by atoms with van der Waals surface area (Å²) < 4.78 is 23.1. The predicted molar refractivity (Wildman–Crippen MR) is 64.8 cm³/mol. The summed E-state index contributed by atoms with van der Waals surface area (Å²) in [7, 11) is -3.16. The van der Waals surface area contributed by atoms with Crippen molar-refractivity contribution in [1.29, 1.82) is 0 Å². The van der Waals surface area contributed by atoms with E-state index in [0.29, 0.717) is 6.54 Å². The lowest BCUT2D eigenvalue weighted by molar-refractivity contribution is -0.121. The largest absolute Gasteiger partial charge is 0.354 e. The van der Waals surface area contributed by atoms with Crippen LogP contribution in [0.3, 0.4) is 0 Å². The van der Waals surface area contributed by atoms with Gasteiger partial charge in [0.2, 0.25) is 5.91 Å². The lowest BCUT2D eigenvalue weighted by atomic mass is 10.2. The number of hydrogen-bond acceptors (Lipinski definition) is 4. The van der Waals surface area contributed by atoms with E-state index in [1.54, 1.807) is 6.92 Å². The predicted octanol–water partition coefficient (Wildman–Crippen LogP) is -0.0893. The summed E-state index contributed by atoms with van der Waals surface area (Å²) in [4.78, 5) is 11.3. The molecule has 0 bridgehead atoms. The first-order chi connectivity index (χ1) is 7.26. The van der Waals surface area contributed by atoms with Gasteiger partial charge in [0.05, 0.1) is 11.5 Å². The highest BCUT2D eigenvalue weighted by Crippen LogP contribution is 2.02. The minimum absolute atomic E-state index is 0.0256. The van der Waals surface area contributed by atoms with E-state index < -0.39 is 9.84 Å². The van der Waals surface area contributed by atoms with Crippen molar-refractivity contribution in [2.75, 3.05) is 18.1 Å². The first-order valence-electron chi connectivity index (χ1n) is 5.46. The molecule has 0 aromatic rings. The summed E-state index contributed by atoms with van der Waals surface area (Å²) in [6.07, 6.45) is 0.0256. The minimum atomic E-state index is -3.16. The average molecular weight is 250 g/mol. The van der Waals surface area contributed by atoms with E-state index in [-0.39, 0.29) is 35.8 Å². The Hall–Kier alpha value is -0.620. The second-order valence-corrected chi connectivity index (χ2v) is 6.66. The number of rotatable bonds is 7. The summed E-state index contributed by atoms with van der Waals surface area (Å²) in [5.41, 5.74) is 5.36. The molecule has 0 aliphatic carbocycles. The summed E-state index contributed by atoms with van der Waals surface area (Å²) in [6, 6.07) is 0.0400. The summed E-state index contributed by atoms with van der Waals surface area (Å²) in [6.45, 7) is 5.80. The smallest absolute Gasteiger partial charge is 0.221 e. The Labute approximate surface area is 97.7 Å². The van der Waals surface area contributed by atoms with Gasteiger partial charge in [0.1, 0.15) is 0 Å². The molecule has 3 N–H and O–H groups in total. The lowest BCUT2D eigenvalue weighted by Crippen LogP contribution is -2.32. The van der Waals surface area contributed by atoms with E-state index in [9.17, 15) is 13.2 Å². The first-order valence-corrected chi connectivity index (χ1v) is 7.29. The van der Waals surface area contributed by atoms with Gasteiger partial charge in [-0.3, -0.25) is 4.79 Å². The van der Waals surface area contributed by atoms with Gasteiger partial charge in [-0.15, -0.1) is 0 Å². The quantitative estimate of drug-likeness (QED) is 0.661. The number of carbonyl (C=O) groups is 1. The third kappa shape index (κ3) is 7.64. The van der Waals surface area contributed by atoms with Crippen molar-refractivity contribution >= 4 is 15.7 Å². The zero-order chi connectivity index (χ0) is 12.8. The zero-order valence-electron chi connectivity index (χ0n) is 10.2. The van der Waals surface area contributed by atoms with Gasteiger partial charge in [-0.25, -0.2) is 8.42 Å². The number of carbonyl (C=O) groups excluding carboxylic acids is 1. The monoisotopic (exact) mass is 250 g/mol. The maximum atomic E-state index is 11.6. The maximum absolute atomic E-state index is 11.6. The molecule has 1 atom stereocenters. The Bertz CT molecular complexity index is 312. The second kappa shape index (κ2) is 6.85. The van der Waals surface area contributed by atoms with Crippen molar-refractivity contribution in [3.8, 4) is 0 Å². The third-order valence-corrected chi connectivity index (χ3v) is 3.93. The third-order valence-electron chi connectivity index (χ3n) is 2.03. The Balaban J connectivity index is 4.04. The summed E-state index contributed by atoms with van der Waals surface area (Å²) in [5.74, 6) is -0.328. The fraction of sp³-hybridized carbons (Fsp3) is 0.900. The van der Waals surface area contributed by atoms with Crippen molar-refractivity contribution in [1.82, 2.24) is 5.32 Å². The van der Waals surface area contributed by atoms with Crippen molar-refractivity contribution in [3.05, 3.63) is 0 Å². The number of sulfone groups is 1. The van der Waals surface area contributed by atoms with Gasteiger partial charge in [-0.2, -0.15) is 0 Å². The van der Waals surface area contributed by atoms with Crippen LogP contribution in [0.15, 0.2) is 0 Å². The van der Waals surface area contributed by atoms with Gasteiger partial charge in [0, 0.05) is 12.5 Å². The highest BCUT2D eigenvalue weighted by molar-refractivity contribution is 7.91. The molecule has 96 valence electrons. The summed E-state index contributed by atoms with van der Waals surface area (Å²) >= 11 is 0. The minimum Gasteiger partial charge on any atom is -0.354 e. The van der Waals surface area contributed by atoms with Crippen molar-refractivity contribution in [3.63, 3.8) is 0 Å². The molecule has 0 aliphatic rings. The molecule has 0 aliphatic heterocycles. The molecule has 0 radical (unpaired) electrons. The molecule has 0 saturated heterocycles. The van der Waals surface area contributed by atoms with Crippen LogP contribution in [-0.4, -0.2) is 38.4 Å². The fourth-order valence-electron chi connectivity index (χ4n) is 1.23. The fourth-order valence-corrected chi connectivity index (χ4v) is 2.89. The van der Waals surface area contributed by atoms with Crippen molar-refractivity contribution in [2.45, 2.75) is 33.2 Å². The SMILES string of the molecule is CC(CN)CS(=O)(=O)CCC(=O)NC(C)C. The summed E-state index contributed by atoms with van der Waals surface area (Å²) in [5, 5.41) is 2.65. The van der Waals surface area contributed by atoms with Crippen LogP contribution in [0, 0.1) is 5.92 Å². The standard InChI is InChI=1S/C10H22N2O3S/c1-8(2)12-10(13)4-5-16(14,15)7-9(3)6-11/h8-9H,4-7,11H2,1-3H3,(H,12,13). The molecule has 0 heterocycles. The molecule has 0 aromatic carbocycles. The van der Waals surface area contributed by atoms with E-state index in [4.69, 9.17) is 5.73 Å². The van der Waals surface area contributed by atoms with Crippen molar-refractivity contribution < 1.29 is 13.2 Å². The van der Waals surface area contributed by atoms with Crippen LogP contribution in [0.25, 0.3) is 0 Å². The highest BCUT2D eigenvalue weighted by atomic mass is 32.2. The molecule has 0 aromatic heterocycles. The van der Waals surface area contributed by atoms with Gasteiger partial charge in [-0.1, -0.05) is 6.92 Å². The second-order valence-electron chi connectivity index (χ2n) is 4.43. The van der Waals surface area contributed by atoms with Crippen LogP contribution in [0.2, 0.25) is 0 Å². The van der Waals surface area contributed by atoms with E-state index >= 15 is 0 Å². The Kier molecular flexibility index (Phi) is 6.59. The molecule has 6 heteroatoms. The molecule has 1 unspecified atom stereocenters. The Morgan fingerprint density at radius 1 is 1.31 bits per heavy atom. The van der Waals surface area contributed by atoms with Crippen LogP contribution in [0.1, 0.15) is 27.2 Å². The van der Waals surface area contributed by atoms with Gasteiger partial charge in [-0.05, 0) is 26.3 Å². The lowest BCUT2D eigenvalue weighted by Gasteiger charge is -2.10. The molecule has 5 nitrogen and oxygen atoms in total. The normalized spacial score (nSPS) is 13.8. The molecule has 1 amide bonds. The number of nitrogens with two attached hydrogens (primary N) is 1. The van der Waals surface area contributed by atoms with Gasteiger partial charge in [0.25, 0.3) is 0 Å². The average Bonchev–Trinajstić information content (AvgIpc) is 2.13. The van der Waals surface area contributed by atoms with E-state index in [1.807, 2.05) is 13.8 Å². The van der Waals surface area contributed by atoms with Crippen LogP contribution in [-0.2, 0) is 14.6 Å². The Morgan fingerprint density at radius 2 is 1.88 bits per heavy atom. The molecule has 0 rings (SSSR count). The number of nitrogens with one attached hydrogen (secondary N) is 1. The first kappa shape index (κ1) is 15.4. The maximum Gasteiger partial charge on any atom is 0.221 e. The topological polar surface area (TPSA) is 89.3 Å². The van der Waals surface area contributed by atoms with Crippen LogP contribution in [0.4, 0.5) is 0 Å². The van der Waals surface area contributed by atoms with Gasteiger partial charge >= 0.3 is 0 Å². The van der Waals surface area contributed by atoms with Crippen LogP contribution < -0.4 is 11.1 Å². The van der Waals surface area contributed by atoms with Crippen LogP contribution >= 0.6 is 0 Å². The molecule has 0 saturated carbocycles. The van der Waals surface area contributed by atoms with E-state index in [0.717, 1.165) is 0 Å². The number of hydrogen-bond donors (Lipinski definition) is 2. The van der Waals surface area contributed by atoms with Gasteiger partial charge in [0.15, 0.2) is 9.84 Å². The molecule has 16 heavy (non-hydrogen) atoms. The number of amides is 1. The van der Waals surface area contributed by atoms with Crippen LogP contribution in [0.5, 0.6) is 0 Å². The molecular weight excluding hydrogens is 228 g/mol. The molecule has 0 spiro atoms. The molecular formula is C10H22N2O3S. The Morgan fingerprint density at radius 3 is 2.31 bits per heavy atom. The van der Waals surface area contributed by atoms with E-state index in [1.165, 1.54) is 0 Å². The van der Waals surface area contributed by atoms with E-state index in [2.05, 4.69) is 5.32 Å². The van der Waals surface area contributed by atoms with Crippen molar-refractivity contribution in [2.24, 2.45) is 11.7 Å². The van der Waals surface area contributed by atoms with Gasteiger partial charge < -0.3 is 11.1 Å².